The van der Waals surface area contributed by atoms with E-state index in [0.717, 1.165) is 48.4 Å². The molecule has 410 valence electrons. The third kappa shape index (κ3) is 11.0. The molecule has 3 aromatic carbocycles. The Hall–Kier alpha value is -6.13. The molecule has 4 N–H and O–H groups in total. The lowest BCUT2D eigenvalue weighted by atomic mass is 9.85. The first-order valence-corrected chi connectivity index (χ1v) is 28.5. The van der Waals surface area contributed by atoms with Gasteiger partial charge >= 0.3 is 13.3 Å². The lowest BCUT2D eigenvalue weighted by Gasteiger charge is -2.39. The summed E-state index contributed by atoms with van der Waals surface area (Å²) in [4.78, 5) is 122. The van der Waals surface area contributed by atoms with Crippen LogP contribution in [0.1, 0.15) is 97.3 Å². The van der Waals surface area contributed by atoms with Crippen LogP contribution in [0.2, 0.25) is 0 Å². The molecular formula is C54H64FN8O12PS. The smallest absolute Gasteiger partial charge is 0.363 e. The molecule has 20 nitrogen and oxygen atoms in total. The molecule has 5 aliphatic rings. The van der Waals surface area contributed by atoms with E-state index in [1.807, 2.05) is 53.4 Å². The van der Waals surface area contributed by atoms with E-state index in [2.05, 4.69) is 15.5 Å². The first kappa shape index (κ1) is 54.2. The molecule has 5 aliphatic heterocycles. The summed E-state index contributed by atoms with van der Waals surface area (Å²) in [7, 11) is -3.41. The number of imidazole rings is 1. The van der Waals surface area contributed by atoms with Crippen molar-refractivity contribution in [2.75, 3.05) is 59.0 Å². The molecule has 5 fully saturated rings. The number of nitrogens with one attached hydrogen (secondary N) is 2. The summed E-state index contributed by atoms with van der Waals surface area (Å²) in [6.07, 6.45) is 1.05. The van der Waals surface area contributed by atoms with Crippen molar-refractivity contribution in [3.8, 4) is 0 Å². The van der Waals surface area contributed by atoms with Crippen molar-refractivity contribution in [1.29, 1.82) is 0 Å². The van der Waals surface area contributed by atoms with E-state index in [9.17, 15) is 47.5 Å². The number of benzene rings is 3. The Balaban J connectivity index is 0.816. The number of hydrogen-bond acceptors (Lipinski definition) is 12. The van der Waals surface area contributed by atoms with Crippen molar-refractivity contribution in [2.24, 2.45) is 17.9 Å². The molecule has 1 unspecified atom stereocenters. The molecule has 0 bridgehead atoms. The Labute approximate surface area is 447 Å². The number of carbonyl (C=O) groups excluding carboxylic acids is 6. The number of morpholine rings is 1. The van der Waals surface area contributed by atoms with Gasteiger partial charge < -0.3 is 39.3 Å². The number of hydrogen-bond donors (Lipinski definition) is 4. The summed E-state index contributed by atoms with van der Waals surface area (Å²) in [5.41, 5.74) is 1.62. The quantitative estimate of drug-likeness (QED) is 0.0937. The van der Waals surface area contributed by atoms with Crippen LogP contribution in [0.3, 0.4) is 0 Å². The zero-order chi connectivity index (χ0) is 54.7. The van der Waals surface area contributed by atoms with Crippen LogP contribution in [0.4, 0.5) is 4.39 Å². The number of piperidine rings is 1. The van der Waals surface area contributed by atoms with Crippen LogP contribution < -0.4 is 16.3 Å². The number of thiophene rings is 1. The number of aryl methyl sites for hydroxylation is 1. The average Bonchev–Trinajstić information content (AvgIpc) is 4.31. The number of ether oxygens (including phenoxy) is 2. The number of rotatable bonds is 13. The SMILES string of the molecule is Cn1c(=O)n(C2CCC(=O)NC2=O)c2ccc(CN3CC[C@@]4(CCN(C(=O)CO[C@@H]5CCN(C(=O)[C@@H](NC(=O)c6cc7cc([C@@H](F)P(=O)(O)O)ccc7s6)C(C)(C)C)[C@@H]5C(=O)N5CCO[C@H](c6ccccc6)C5)C4)C3)cc21. The first-order valence-electron chi connectivity index (χ1n) is 26.0. The highest BCUT2D eigenvalue weighted by atomic mass is 32.1. The van der Waals surface area contributed by atoms with Crippen molar-refractivity contribution < 1.29 is 57.0 Å². The lowest BCUT2D eigenvalue weighted by Crippen LogP contribution is -2.60. The van der Waals surface area contributed by atoms with Gasteiger partial charge in [-0.2, -0.15) is 0 Å². The molecule has 2 aromatic heterocycles. The van der Waals surface area contributed by atoms with Crippen LogP contribution in [-0.2, 0) is 51.6 Å². The maximum absolute atomic E-state index is 15.0. The van der Waals surface area contributed by atoms with Crippen LogP contribution in [0.15, 0.2) is 77.6 Å². The Morgan fingerprint density at radius 1 is 0.935 bits per heavy atom. The van der Waals surface area contributed by atoms with Crippen molar-refractivity contribution in [3.63, 3.8) is 0 Å². The largest absolute Gasteiger partial charge is 0.370 e. The molecule has 7 atom stereocenters. The maximum Gasteiger partial charge on any atom is 0.363 e. The zero-order valence-corrected chi connectivity index (χ0v) is 45.1. The Morgan fingerprint density at radius 2 is 1.70 bits per heavy atom. The standard InChI is InChI=1S/C54H64FN8O12PS/c1-53(2,3)46(57-49(67)42-26-35-25-34(11-14-41(35)77-42)47(55)76(71,72)73)51(69)62-19-16-39(45(62)50(68)60-22-23-74-40(28-60)33-8-6-5-7-9-33)75-29-44(65)61-21-18-54(31-61)17-20-59(30-54)27-32-10-12-36-38(24-32)58(4)52(70)63(36)37-13-15-43(64)56-48(37)66/h5-12,14,24-26,37,39-40,45-47H,13,15-23,27-31H2,1-4H3,(H,57,67)(H,56,64,66)(H2,71,72,73)/t37?,39-,40+,45+,46-,47+,54-/m1/s1. The molecule has 0 aliphatic carbocycles. The Bertz CT molecular complexity index is 3260. The van der Waals surface area contributed by atoms with Crippen LogP contribution >= 0.6 is 18.9 Å². The molecule has 23 heteroatoms. The normalized spacial score (nSPS) is 24.3. The fraction of sp³-hybridized carbons (Fsp3) is 0.500. The summed E-state index contributed by atoms with van der Waals surface area (Å²) in [6, 6.07) is 17.8. The predicted octanol–water partition coefficient (Wildman–Crippen LogP) is 4.53. The van der Waals surface area contributed by atoms with E-state index in [1.165, 1.54) is 38.3 Å². The van der Waals surface area contributed by atoms with Crippen LogP contribution in [0.25, 0.3) is 21.1 Å². The molecule has 1 spiro atoms. The number of imide groups is 1. The van der Waals surface area contributed by atoms with Gasteiger partial charge in [0.1, 0.15) is 30.8 Å². The average molecular weight is 1100 g/mol. The minimum Gasteiger partial charge on any atom is -0.370 e. The number of amides is 6. The fourth-order valence-electron chi connectivity index (χ4n) is 11.8. The number of carbonyl (C=O) groups is 6. The van der Waals surface area contributed by atoms with Crippen LogP contribution in [-0.4, -0.2) is 151 Å². The highest BCUT2D eigenvalue weighted by Gasteiger charge is 2.50. The minimum absolute atomic E-state index is 0.107. The molecular weight excluding hydrogens is 1030 g/mol. The molecule has 5 saturated heterocycles. The topological polar surface area (TPSA) is 242 Å². The van der Waals surface area contributed by atoms with E-state index in [4.69, 9.17) is 9.47 Å². The summed E-state index contributed by atoms with van der Waals surface area (Å²) in [5, 5.41) is 5.65. The highest BCUT2D eigenvalue weighted by molar-refractivity contribution is 7.51. The second kappa shape index (κ2) is 21.3. The van der Waals surface area contributed by atoms with Gasteiger partial charge in [0.2, 0.25) is 35.4 Å². The van der Waals surface area contributed by atoms with E-state index in [0.29, 0.717) is 40.8 Å². The van der Waals surface area contributed by atoms with Gasteiger partial charge in [-0.05, 0) is 90.1 Å². The third-order valence-corrected chi connectivity index (χ3v) is 18.0. The zero-order valence-electron chi connectivity index (χ0n) is 43.4. The van der Waals surface area contributed by atoms with Crippen LogP contribution in [0, 0.1) is 10.8 Å². The minimum atomic E-state index is -5.08. The number of halogens is 1. The number of nitrogens with zero attached hydrogens (tertiary/aromatic N) is 6. The van der Waals surface area contributed by atoms with Gasteiger partial charge in [-0.25, -0.2) is 9.18 Å². The molecule has 0 radical (unpaired) electrons. The summed E-state index contributed by atoms with van der Waals surface area (Å²) >= 11 is 1.07. The summed E-state index contributed by atoms with van der Waals surface area (Å²) in [6.45, 7) is 9.14. The predicted molar refractivity (Wildman–Crippen MR) is 282 cm³/mol. The second-order valence-corrected chi connectivity index (χ2v) is 25.0. The molecule has 6 amide bonds. The first-order chi connectivity index (χ1) is 36.6. The van der Waals surface area contributed by atoms with Gasteiger partial charge in [0.25, 0.3) is 5.91 Å². The third-order valence-electron chi connectivity index (χ3n) is 16.0. The number of aromatic nitrogens is 2. The van der Waals surface area contributed by atoms with E-state index in [-0.39, 0.29) is 91.4 Å². The number of alkyl halides is 1. The van der Waals surface area contributed by atoms with E-state index >= 15 is 4.79 Å². The Kier molecular flexibility index (Phi) is 15.0. The Morgan fingerprint density at radius 3 is 2.44 bits per heavy atom. The fourth-order valence-corrected chi connectivity index (χ4v) is 13.3. The van der Waals surface area contributed by atoms with Gasteiger partial charge in [0.05, 0.1) is 35.2 Å². The summed E-state index contributed by atoms with van der Waals surface area (Å²) in [5.74, 6) is -5.07. The van der Waals surface area contributed by atoms with Gasteiger partial charge in [0.15, 0.2) is 0 Å². The van der Waals surface area contributed by atoms with Crippen molar-refractivity contribution in [2.45, 2.75) is 95.7 Å². The molecule has 5 aromatic rings. The van der Waals surface area contributed by atoms with Gasteiger partial charge in [-0.1, -0.05) is 63.2 Å². The van der Waals surface area contributed by atoms with Gasteiger partial charge in [0, 0.05) is 62.9 Å². The highest BCUT2D eigenvalue weighted by Crippen LogP contribution is 2.53. The number of likely N-dealkylation sites (tertiary alicyclic amines) is 3. The molecule has 77 heavy (non-hydrogen) atoms. The second-order valence-electron chi connectivity index (χ2n) is 22.3. The molecule has 0 saturated carbocycles. The van der Waals surface area contributed by atoms with Crippen molar-refractivity contribution in [3.05, 3.63) is 105 Å². The van der Waals surface area contributed by atoms with Crippen molar-refractivity contribution >= 4 is 75.5 Å². The van der Waals surface area contributed by atoms with E-state index < -0.39 is 67.0 Å². The van der Waals surface area contributed by atoms with Crippen LogP contribution in [0.5, 0.6) is 0 Å². The van der Waals surface area contributed by atoms with Crippen molar-refractivity contribution in [1.82, 2.24) is 39.4 Å². The van der Waals surface area contributed by atoms with Gasteiger partial charge in [-0.3, -0.25) is 52.7 Å². The molecule has 7 heterocycles. The monoisotopic (exact) mass is 1100 g/mol. The molecule has 10 rings (SSSR count). The van der Waals surface area contributed by atoms with Gasteiger partial charge in [-0.15, -0.1) is 11.3 Å². The summed E-state index contributed by atoms with van der Waals surface area (Å²) < 4.78 is 42.4. The lowest BCUT2D eigenvalue weighted by molar-refractivity contribution is -0.156. The maximum atomic E-state index is 15.0. The number of fused-ring (bicyclic) bond motifs is 2. The van der Waals surface area contributed by atoms with E-state index in [1.54, 1.807) is 32.7 Å².